The van der Waals surface area contributed by atoms with E-state index in [-0.39, 0.29) is 6.04 Å². The molecule has 2 unspecified atom stereocenters. The number of carboxylic acid groups (broad SMARTS) is 1. The van der Waals surface area contributed by atoms with Gasteiger partial charge in [-0.1, -0.05) is 68.4 Å². The van der Waals surface area contributed by atoms with Crippen molar-refractivity contribution in [2.24, 2.45) is 0 Å². The largest absolute Gasteiger partial charge is 0.478 e. The van der Waals surface area contributed by atoms with Crippen LogP contribution in [0.3, 0.4) is 0 Å². The van der Waals surface area contributed by atoms with E-state index in [0.29, 0.717) is 12.1 Å². The third-order valence-electron chi connectivity index (χ3n) is 6.35. The first-order valence-corrected chi connectivity index (χ1v) is 11.0. The van der Waals surface area contributed by atoms with Crippen molar-refractivity contribution in [1.29, 1.82) is 0 Å². The summed E-state index contributed by atoms with van der Waals surface area (Å²) < 4.78 is 0. The van der Waals surface area contributed by atoms with Crippen molar-refractivity contribution in [3.63, 3.8) is 0 Å². The van der Waals surface area contributed by atoms with Crippen molar-refractivity contribution in [1.82, 2.24) is 4.90 Å². The Balaban J connectivity index is 2.07. The fraction of sp³-hybridized carbons (Fsp3) is 0.370. The molecule has 3 rings (SSSR count). The van der Waals surface area contributed by atoms with Gasteiger partial charge in [-0.3, -0.25) is 4.90 Å². The highest BCUT2D eigenvalue weighted by molar-refractivity contribution is 5.85. The molecule has 2 aromatic rings. The van der Waals surface area contributed by atoms with E-state index in [4.69, 9.17) is 5.11 Å². The van der Waals surface area contributed by atoms with Crippen LogP contribution in [0.15, 0.2) is 66.2 Å². The molecule has 3 heteroatoms. The molecule has 0 spiro atoms. The monoisotopic (exact) mass is 403 g/mol. The van der Waals surface area contributed by atoms with Gasteiger partial charge >= 0.3 is 5.97 Å². The Morgan fingerprint density at radius 1 is 1.10 bits per heavy atom. The number of aliphatic carboxylic acids is 1. The SMILES string of the molecule is CCC(CC)N1C(C)CC(c2ccccc2)=C(C)C1c1ccc(/C=C/C(=O)O)cc1. The van der Waals surface area contributed by atoms with E-state index in [1.807, 2.05) is 12.1 Å². The van der Waals surface area contributed by atoms with Crippen LogP contribution in [0.1, 0.15) is 69.7 Å². The number of carbonyl (C=O) groups is 1. The third kappa shape index (κ3) is 4.73. The average Bonchev–Trinajstić information content (AvgIpc) is 2.76. The van der Waals surface area contributed by atoms with E-state index < -0.39 is 5.97 Å². The second-order valence-electron chi connectivity index (χ2n) is 8.24. The van der Waals surface area contributed by atoms with E-state index in [2.05, 4.69) is 75.1 Å². The van der Waals surface area contributed by atoms with Crippen molar-refractivity contribution >= 4 is 17.6 Å². The van der Waals surface area contributed by atoms with E-state index in [0.717, 1.165) is 24.8 Å². The molecule has 1 N–H and O–H groups in total. The van der Waals surface area contributed by atoms with E-state index in [1.54, 1.807) is 6.08 Å². The molecule has 0 aromatic heterocycles. The van der Waals surface area contributed by atoms with Gasteiger partial charge < -0.3 is 5.11 Å². The van der Waals surface area contributed by atoms with Crippen molar-refractivity contribution < 1.29 is 9.90 Å². The lowest BCUT2D eigenvalue weighted by atomic mass is 9.81. The summed E-state index contributed by atoms with van der Waals surface area (Å²) in [4.78, 5) is 13.5. The molecule has 0 amide bonds. The first-order valence-electron chi connectivity index (χ1n) is 11.0. The summed E-state index contributed by atoms with van der Waals surface area (Å²) >= 11 is 0. The Morgan fingerprint density at radius 3 is 2.30 bits per heavy atom. The van der Waals surface area contributed by atoms with Gasteiger partial charge in [0.25, 0.3) is 0 Å². The van der Waals surface area contributed by atoms with Gasteiger partial charge in [0.2, 0.25) is 0 Å². The van der Waals surface area contributed by atoms with Crippen LogP contribution < -0.4 is 0 Å². The van der Waals surface area contributed by atoms with E-state index in [9.17, 15) is 4.79 Å². The normalized spacial score (nSPS) is 20.3. The molecule has 0 bridgehead atoms. The zero-order chi connectivity index (χ0) is 21.7. The Morgan fingerprint density at radius 2 is 1.73 bits per heavy atom. The number of hydrogen-bond acceptors (Lipinski definition) is 2. The van der Waals surface area contributed by atoms with Crippen LogP contribution in [0.4, 0.5) is 0 Å². The summed E-state index contributed by atoms with van der Waals surface area (Å²) in [6.07, 6.45) is 6.15. The second-order valence-corrected chi connectivity index (χ2v) is 8.24. The van der Waals surface area contributed by atoms with Crippen LogP contribution in [0.2, 0.25) is 0 Å². The Labute approximate surface area is 180 Å². The maximum Gasteiger partial charge on any atom is 0.328 e. The van der Waals surface area contributed by atoms with Gasteiger partial charge in [0.15, 0.2) is 0 Å². The molecule has 1 aliphatic heterocycles. The minimum absolute atomic E-state index is 0.228. The highest BCUT2D eigenvalue weighted by Crippen LogP contribution is 2.44. The van der Waals surface area contributed by atoms with Gasteiger partial charge in [-0.25, -0.2) is 4.79 Å². The number of carboxylic acids is 1. The molecule has 0 saturated carbocycles. The fourth-order valence-electron chi connectivity index (χ4n) is 4.85. The molecule has 30 heavy (non-hydrogen) atoms. The van der Waals surface area contributed by atoms with Crippen LogP contribution in [0.25, 0.3) is 11.6 Å². The molecule has 2 atom stereocenters. The number of rotatable bonds is 7. The lowest BCUT2D eigenvalue weighted by molar-refractivity contribution is -0.131. The number of nitrogens with zero attached hydrogens (tertiary/aromatic N) is 1. The van der Waals surface area contributed by atoms with Crippen LogP contribution in [0, 0.1) is 0 Å². The molecule has 0 saturated heterocycles. The third-order valence-corrected chi connectivity index (χ3v) is 6.35. The van der Waals surface area contributed by atoms with Crippen LogP contribution >= 0.6 is 0 Å². The van der Waals surface area contributed by atoms with Gasteiger partial charge in [0.1, 0.15) is 0 Å². The summed E-state index contributed by atoms with van der Waals surface area (Å²) in [6.45, 7) is 9.20. The molecule has 0 fully saturated rings. The average molecular weight is 404 g/mol. The molecular weight excluding hydrogens is 370 g/mol. The molecule has 1 aliphatic rings. The molecule has 158 valence electrons. The second kappa shape index (κ2) is 9.90. The smallest absolute Gasteiger partial charge is 0.328 e. The van der Waals surface area contributed by atoms with Crippen LogP contribution in [-0.4, -0.2) is 28.1 Å². The molecule has 3 nitrogen and oxygen atoms in total. The minimum Gasteiger partial charge on any atom is -0.478 e. The Kier molecular flexibility index (Phi) is 7.28. The van der Waals surface area contributed by atoms with Crippen molar-refractivity contribution in [3.05, 3.63) is 82.9 Å². The minimum atomic E-state index is -0.925. The molecule has 0 aliphatic carbocycles. The van der Waals surface area contributed by atoms with Gasteiger partial charge in [-0.05, 0) is 67.0 Å². The predicted molar refractivity (Wildman–Crippen MR) is 125 cm³/mol. The van der Waals surface area contributed by atoms with Crippen LogP contribution in [0.5, 0.6) is 0 Å². The number of benzene rings is 2. The molecule has 1 heterocycles. The lowest BCUT2D eigenvalue weighted by Gasteiger charge is -2.47. The van der Waals surface area contributed by atoms with Gasteiger partial charge in [-0.2, -0.15) is 0 Å². The predicted octanol–water partition coefficient (Wildman–Crippen LogP) is 6.58. The maximum atomic E-state index is 10.8. The topological polar surface area (TPSA) is 40.5 Å². The first kappa shape index (κ1) is 22.0. The molecule has 2 aromatic carbocycles. The fourth-order valence-corrected chi connectivity index (χ4v) is 4.85. The first-order chi connectivity index (χ1) is 14.5. The Hall–Kier alpha value is -2.65. The standard InChI is InChI=1S/C27H33NO2/c1-5-24(6-2)28-19(3)18-25(22-10-8-7-9-11-22)20(4)27(28)23-15-12-21(13-16-23)14-17-26(29)30/h7-17,19,24,27H,5-6,18H2,1-4H3,(H,29,30)/b17-14+. The van der Waals surface area contributed by atoms with Crippen molar-refractivity contribution in [2.75, 3.05) is 0 Å². The maximum absolute atomic E-state index is 10.8. The van der Waals surface area contributed by atoms with Crippen LogP contribution in [-0.2, 0) is 4.79 Å². The zero-order valence-electron chi connectivity index (χ0n) is 18.5. The summed E-state index contributed by atoms with van der Waals surface area (Å²) in [5.41, 5.74) is 6.36. The zero-order valence-corrected chi connectivity index (χ0v) is 18.5. The summed E-state index contributed by atoms with van der Waals surface area (Å²) in [5, 5.41) is 8.89. The van der Waals surface area contributed by atoms with E-state index in [1.165, 1.54) is 28.3 Å². The molecule has 0 radical (unpaired) electrons. The highest BCUT2D eigenvalue weighted by Gasteiger charge is 2.36. The van der Waals surface area contributed by atoms with Gasteiger partial charge in [0, 0.05) is 18.2 Å². The lowest BCUT2D eigenvalue weighted by Crippen LogP contribution is -2.46. The van der Waals surface area contributed by atoms with Gasteiger partial charge in [0.05, 0.1) is 6.04 Å². The quantitative estimate of drug-likeness (QED) is 0.531. The summed E-state index contributed by atoms with van der Waals surface area (Å²) in [7, 11) is 0. The Bertz CT molecular complexity index is 908. The highest BCUT2D eigenvalue weighted by atomic mass is 16.4. The van der Waals surface area contributed by atoms with Crippen molar-refractivity contribution in [2.45, 2.75) is 65.1 Å². The number of hydrogen-bond donors (Lipinski definition) is 1. The van der Waals surface area contributed by atoms with Gasteiger partial charge in [-0.15, -0.1) is 0 Å². The summed E-state index contributed by atoms with van der Waals surface area (Å²) in [6, 6.07) is 20.3. The molecular formula is C27H33NO2. The summed E-state index contributed by atoms with van der Waals surface area (Å²) in [5.74, 6) is -0.925. The van der Waals surface area contributed by atoms with Crippen molar-refractivity contribution in [3.8, 4) is 0 Å². The van der Waals surface area contributed by atoms with E-state index >= 15 is 0 Å².